The van der Waals surface area contributed by atoms with E-state index in [2.05, 4.69) is 10.6 Å². The van der Waals surface area contributed by atoms with Crippen LogP contribution in [0.5, 0.6) is 0 Å². The molecule has 2 amide bonds. The van der Waals surface area contributed by atoms with Crippen LogP contribution in [0.3, 0.4) is 0 Å². The fourth-order valence-electron chi connectivity index (χ4n) is 1.60. The van der Waals surface area contributed by atoms with Crippen molar-refractivity contribution >= 4 is 23.6 Å². The molecule has 3 atom stereocenters. The number of amides is 2. The Labute approximate surface area is 113 Å². The second-order valence-electron chi connectivity index (χ2n) is 4.68. The maximum atomic E-state index is 12.1. The van der Waals surface area contributed by atoms with E-state index in [-0.39, 0.29) is 35.6 Å². The van der Waals surface area contributed by atoms with Crippen molar-refractivity contribution < 1.29 is 14.7 Å². The summed E-state index contributed by atoms with van der Waals surface area (Å²) in [6.07, 6.45) is 1.89. The van der Waals surface area contributed by atoms with E-state index >= 15 is 0 Å². The summed E-state index contributed by atoms with van der Waals surface area (Å²) in [6, 6.07) is -0.682. The van der Waals surface area contributed by atoms with Gasteiger partial charge in [-0.05, 0) is 19.1 Å². The van der Waals surface area contributed by atoms with Crippen molar-refractivity contribution in [3.8, 4) is 0 Å². The predicted molar refractivity (Wildman–Crippen MR) is 74.4 cm³/mol. The van der Waals surface area contributed by atoms with Crippen LogP contribution in [0.1, 0.15) is 27.7 Å². The number of aliphatic hydroxyl groups excluding tert-OH is 1. The van der Waals surface area contributed by atoms with Crippen LogP contribution in [0.4, 0.5) is 0 Å². The first-order valence-electron chi connectivity index (χ1n) is 6.04. The second kappa shape index (κ2) is 8.37. The molecule has 0 radical (unpaired) electrons. The number of hydrogen-bond donors (Lipinski definition) is 3. The van der Waals surface area contributed by atoms with Gasteiger partial charge in [-0.1, -0.05) is 13.8 Å². The lowest BCUT2D eigenvalue weighted by molar-refractivity contribution is -0.129. The van der Waals surface area contributed by atoms with Crippen LogP contribution in [-0.2, 0) is 9.59 Å². The first-order valence-corrected chi connectivity index (χ1v) is 7.33. The van der Waals surface area contributed by atoms with Crippen molar-refractivity contribution in [2.24, 2.45) is 5.92 Å². The average molecular weight is 276 g/mol. The zero-order valence-electron chi connectivity index (χ0n) is 11.7. The highest BCUT2D eigenvalue weighted by atomic mass is 32.2. The molecular weight excluding hydrogens is 252 g/mol. The molecule has 0 heterocycles. The Kier molecular flexibility index (Phi) is 8.02. The Morgan fingerprint density at radius 3 is 2.11 bits per heavy atom. The van der Waals surface area contributed by atoms with Gasteiger partial charge >= 0.3 is 0 Å². The van der Waals surface area contributed by atoms with Gasteiger partial charge in [0.05, 0.1) is 6.61 Å². The number of carbonyl (C=O) groups excluding carboxylic acids is 2. The minimum Gasteiger partial charge on any atom is -0.395 e. The quantitative estimate of drug-likeness (QED) is 0.628. The summed E-state index contributed by atoms with van der Waals surface area (Å²) in [5.74, 6) is -0.414. The van der Waals surface area contributed by atoms with E-state index in [1.54, 1.807) is 0 Å². The summed E-state index contributed by atoms with van der Waals surface area (Å²) in [5.41, 5.74) is 0. The normalized spacial score (nSPS) is 15.9. The molecule has 0 saturated carbocycles. The molecule has 0 aromatic rings. The number of nitrogens with one attached hydrogen (secondary N) is 2. The van der Waals surface area contributed by atoms with Gasteiger partial charge in [0, 0.05) is 18.2 Å². The second-order valence-corrected chi connectivity index (χ2v) is 5.75. The fourth-order valence-corrected chi connectivity index (χ4v) is 2.22. The molecule has 0 aromatic carbocycles. The molecule has 0 aliphatic rings. The van der Waals surface area contributed by atoms with Gasteiger partial charge in [0.15, 0.2) is 0 Å². The number of aliphatic hydroxyl groups is 1. The third kappa shape index (κ3) is 5.73. The van der Waals surface area contributed by atoms with Crippen LogP contribution in [-0.4, -0.2) is 47.1 Å². The molecule has 0 bridgehead atoms. The third-order valence-corrected chi connectivity index (χ3v) is 3.88. The number of carbonyl (C=O) groups is 2. The maximum absolute atomic E-state index is 12.1. The Bertz CT molecular complexity index is 280. The molecular formula is C12H24N2O3S. The topological polar surface area (TPSA) is 78.4 Å². The third-order valence-electron chi connectivity index (χ3n) is 2.72. The van der Waals surface area contributed by atoms with Gasteiger partial charge in [-0.15, -0.1) is 0 Å². The van der Waals surface area contributed by atoms with E-state index in [9.17, 15) is 9.59 Å². The van der Waals surface area contributed by atoms with E-state index in [0.717, 1.165) is 0 Å². The lowest BCUT2D eigenvalue weighted by Crippen LogP contribution is -2.53. The van der Waals surface area contributed by atoms with Gasteiger partial charge in [-0.2, -0.15) is 11.8 Å². The lowest BCUT2D eigenvalue weighted by Gasteiger charge is -2.26. The first-order chi connectivity index (χ1) is 8.33. The number of rotatable bonds is 7. The van der Waals surface area contributed by atoms with E-state index in [1.165, 1.54) is 18.7 Å². The first kappa shape index (κ1) is 17.2. The molecule has 5 nitrogen and oxygen atoms in total. The van der Waals surface area contributed by atoms with Crippen LogP contribution in [0.2, 0.25) is 0 Å². The highest BCUT2D eigenvalue weighted by Gasteiger charge is 2.26. The Morgan fingerprint density at radius 1 is 1.22 bits per heavy atom. The van der Waals surface area contributed by atoms with Gasteiger partial charge in [-0.25, -0.2) is 0 Å². The minimum absolute atomic E-state index is 0.00902. The van der Waals surface area contributed by atoms with Gasteiger partial charge < -0.3 is 15.7 Å². The standard InChI is InChI=1S/C12H24N2O3S/c1-7(2)11(14-9(4)16)12(17)13-8(3)10(6-15)18-5/h7-8,10-11,15H,6H2,1-5H3,(H,13,17)(H,14,16). The van der Waals surface area contributed by atoms with Gasteiger partial charge in [0.1, 0.15) is 6.04 Å². The van der Waals surface area contributed by atoms with Gasteiger partial charge in [0.25, 0.3) is 0 Å². The molecule has 0 aliphatic heterocycles. The van der Waals surface area contributed by atoms with Crippen molar-refractivity contribution in [2.75, 3.05) is 12.9 Å². The average Bonchev–Trinajstić information content (AvgIpc) is 2.26. The molecule has 0 saturated heterocycles. The zero-order chi connectivity index (χ0) is 14.3. The van der Waals surface area contributed by atoms with Crippen molar-refractivity contribution in [1.82, 2.24) is 10.6 Å². The Morgan fingerprint density at radius 2 is 1.78 bits per heavy atom. The molecule has 3 N–H and O–H groups in total. The smallest absolute Gasteiger partial charge is 0.243 e. The Hall–Kier alpha value is -0.750. The fraction of sp³-hybridized carbons (Fsp3) is 0.833. The Balaban J connectivity index is 4.55. The summed E-state index contributed by atoms with van der Waals surface area (Å²) in [4.78, 5) is 23.1. The molecule has 0 spiro atoms. The summed E-state index contributed by atoms with van der Waals surface area (Å²) >= 11 is 1.50. The molecule has 0 rings (SSSR count). The van der Waals surface area contributed by atoms with Crippen molar-refractivity contribution in [3.05, 3.63) is 0 Å². The van der Waals surface area contributed by atoms with Crippen LogP contribution < -0.4 is 10.6 Å². The molecule has 0 fully saturated rings. The number of thioether (sulfide) groups is 1. The van der Waals surface area contributed by atoms with Gasteiger partial charge in [0.2, 0.25) is 11.8 Å². The van der Waals surface area contributed by atoms with E-state index in [4.69, 9.17) is 5.11 Å². The monoisotopic (exact) mass is 276 g/mol. The van der Waals surface area contributed by atoms with E-state index < -0.39 is 6.04 Å². The molecule has 6 heteroatoms. The maximum Gasteiger partial charge on any atom is 0.243 e. The zero-order valence-corrected chi connectivity index (χ0v) is 12.5. The van der Waals surface area contributed by atoms with Crippen LogP contribution in [0.15, 0.2) is 0 Å². The van der Waals surface area contributed by atoms with Crippen molar-refractivity contribution in [1.29, 1.82) is 0 Å². The molecule has 3 unspecified atom stereocenters. The highest BCUT2D eigenvalue weighted by Crippen LogP contribution is 2.11. The summed E-state index contributed by atoms with van der Waals surface area (Å²) < 4.78 is 0. The largest absolute Gasteiger partial charge is 0.395 e. The van der Waals surface area contributed by atoms with Gasteiger partial charge in [-0.3, -0.25) is 9.59 Å². The SMILES string of the molecule is CSC(CO)C(C)NC(=O)C(NC(C)=O)C(C)C. The molecule has 0 aliphatic carbocycles. The van der Waals surface area contributed by atoms with Crippen LogP contribution in [0, 0.1) is 5.92 Å². The van der Waals surface area contributed by atoms with E-state index in [1.807, 2.05) is 27.0 Å². The van der Waals surface area contributed by atoms with E-state index in [0.29, 0.717) is 0 Å². The van der Waals surface area contributed by atoms with Crippen molar-refractivity contribution in [2.45, 2.75) is 45.0 Å². The molecule has 18 heavy (non-hydrogen) atoms. The number of hydrogen-bond acceptors (Lipinski definition) is 4. The predicted octanol–water partition coefficient (Wildman–Crippen LogP) is 0.376. The minimum atomic E-state index is -0.536. The van der Waals surface area contributed by atoms with Crippen LogP contribution in [0.25, 0.3) is 0 Å². The molecule has 106 valence electrons. The highest BCUT2D eigenvalue weighted by molar-refractivity contribution is 7.99. The van der Waals surface area contributed by atoms with Crippen LogP contribution >= 0.6 is 11.8 Å². The molecule has 0 aromatic heterocycles. The summed E-state index contributed by atoms with van der Waals surface area (Å²) in [5, 5.41) is 14.6. The van der Waals surface area contributed by atoms with Crippen molar-refractivity contribution in [3.63, 3.8) is 0 Å². The summed E-state index contributed by atoms with van der Waals surface area (Å²) in [6.45, 7) is 7.01. The lowest BCUT2D eigenvalue weighted by atomic mass is 10.0. The summed E-state index contributed by atoms with van der Waals surface area (Å²) in [7, 11) is 0.